The van der Waals surface area contributed by atoms with Gasteiger partial charge in [0.05, 0.1) is 35.2 Å². The molecule has 1 unspecified atom stereocenters. The summed E-state index contributed by atoms with van der Waals surface area (Å²) in [6.07, 6.45) is -0.225. The van der Waals surface area contributed by atoms with Crippen molar-refractivity contribution >= 4 is 52.3 Å². The van der Waals surface area contributed by atoms with Crippen molar-refractivity contribution in [2.75, 3.05) is 49.4 Å². The van der Waals surface area contributed by atoms with Crippen LogP contribution >= 0.6 is 12.2 Å². The molecule has 0 aliphatic carbocycles. The molecule has 0 saturated carbocycles. The second kappa shape index (κ2) is 22.4. The Labute approximate surface area is 405 Å². The third kappa shape index (κ3) is 12.7. The molecule has 6 rings (SSSR count). The summed E-state index contributed by atoms with van der Waals surface area (Å²) < 4.78 is 63.8. The fourth-order valence-corrected chi connectivity index (χ4v) is 8.68. The Hall–Kier alpha value is -6.36. The van der Waals surface area contributed by atoms with Crippen LogP contribution in [0, 0.1) is 23.7 Å². The quantitative estimate of drug-likeness (QED) is 0.0648. The van der Waals surface area contributed by atoms with Gasteiger partial charge in [-0.3, -0.25) is 24.1 Å². The minimum atomic E-state index is -4.80. The van der Waals surface area contributed by atoms with Gasteiger partial charge in [0.25, 0.3) is 5.91 Å². The molecule has 15 nitrogen and oxygen atoms in total. The number of aryl methyl sites for hydroxylation is 1. The van der Waals surface area contributed by atoms with Gasteiger partial charge in [0.1, 0.15) is 30.0 Å². The van der Waals surface area contributed by atoms with Crippen LogP contribution in [0.2, 0.25) is 0 Å². The molecule has 4 aromatic rings. The first kappa shape index (κ1) is 52.0. The van der Waals surface area contributed by atoms with E-state index < -0.39 is 52.2 Å². The lowest BCUT2D eigenvalue weighted by Crippen LogP contribution is -2.58. The zero-order valence-corrected chi connectivity index (χ0v) is 40.4. The smallest absolute Gasteiger partial charge is 0.417 e. The summed E-state index contributed by atoms with van der Waals surface area (Å²) in [6.45, 7) is 12.8. The molecule has 2 fully saturated rings. The molecule has 368 valence electrons. The van der Waals surface area contributed by atoms with E-state index in [-0.39, 0.29) is 35.8 Å². The highest BCUT2D eigenvalue weighted by Gasteiger charge is 2.51. The van der Waals surface area contributed by atoms with Gasteiger partial charge >= 0.3 is 6.18 Å². The van der Waals surface area contributed by atoms with E-state index in [1.165, 1.54) is 12.5 Å². The van der Waals surface area contributed by atoms with Crippen LogP contribution in [-0.2, 0) is 41.4 Å². The van der Waals surface area contributed by atoms with Crippen molar-refractivity contribution in [3.63, 3.8) is 0 Å². The number of unbranched alkanes of at least 4 members (excludes halogenated alkanes) is 1. The van der Waals surface area contributed by atoms with E-state index in [1.807, 2.05) is 52.0 Å². The number of amides is 4. The average Bonchev–Trinajstić information content (AvgIpc) is 4.02. The highest BCUT2D eigenvalue weighted by Crippen LogP contribution is 2.40. The Bertz CT molecular complexity index is 2520. The standard InChI is InChI=1S/C50H58F3N7O8S/c1-32-42(68-31-56-32)34-14-12-33(13-15-34)29-55-44(62)40-11-9-22-58(40)45(63)43(48(2,3)4)57-41(61)30-66-25-10-24-65-23-7-8-26-67-38-20-18-36(19-21-38)60-47(69)59(46(64)49(60,5)6)37-17-16-35(28-54)39(27-37)50(51,52)53/h12-21,27,31,40,43H,7-11,22-26,29-30H2,1-6H3,(H,55,62)(H,57,61)/t40-,43?/m0/s1. The summed E-state index contributed by atoms with van der Waals surface area (Å²) >= 11 is 5.62. The number of nitrogens with zero attached hydrogens (tertiary/aromatic N) is 5. The molecule has 19 heteroatoms. The van der Waals surface area contributed by atoms with Crippen molar-refractivity contribution < 1.29 is 51.0 Å². The molecular weight excluding hydrogens is 916 g/mol. The molecule has 0 spiro atoms. The van der Waals surface area contributed by atoms with Crippen molar-refractivity contribution in [2.24, 2.45) is 5.41 Å². The van der Waals surface area contributed by atoms with Crippen LogP contribution in [0.1, 0.15) is 89.1 Å². The van der Waals surface area contributed by atoms with Gasteiger partial charge in [0, 0.05) is 44.2 Å². The minimum Gasteiger partial charge on any atom is -0.494 e. The number of nitrogens with one attached hydrogen (secondary N) is 2. The molecule has 2 N–H and O–H groups in total. The number of carbonyl (C=O) groups is 4. The van der Waals surface area contributed by atoms with Crippen molar-refractivity contribution in [2.45, 2.75) is 104 Å². The average molecular weight is 974 g/mol. The van der Waals surface area contributed by atoms with E-state index in [2.05, 4.69) is 15.6 Å². The normalized spacial score (nSPS) is 16.4. The molecule has 3 aromatic carbocycles. The second-order valence-electron chi connectivity index (χ2n) is 18.5. The summed E-state index contributed by atoms with van der Waals surface area (Å²) in [5.41, 5.74) is -0.532. The summed E-state index contributed by atoms with van der Waals surface area (Å²) in [5, 5.41) is 15.0. The van der Waals surface area contributed by atoms with Gasteiger partial charge in [-0.2, -0.15) is 18.4 Å². The Kier molecular flexibility index (Phi) is 16.9. The van der Waals surface area contributed by atoms with Gasteiger partial charge in [-0.05, 0) is 119 Å². The Morgan fingerprint density at radius 2 is 1.62 bits per heavy atom. The fourth-order valence-electron chi connectivity index (χ4n) is 8.16. The van der Waals surface area contributed by atoms with Gasteiger partial charge in [-0.1, -0.05) is 45.0 Å². The Morgan fingerprint density at radius 3 is 2.28 bits per heavy atom. The summed E-state index contributed by atoms with van der Waals surface area (Å²) in [4.78, 5) is 62.1. The molecule has 2 aliphatic heterocycles. The van der Waals surface area contributed by atoms with Gasteiger partial charge in [-0.25, -0.2) is 4.98 Å². The number of thiocarbonyl (C=S) groups is 1. The van der Waals surface area contributed by atoms with Gasteiger partial charge in [-0.15, -0.1) is 0 Å². The van der Waals surface area contributed by atoms with Crippen molar-refractivity contribution in [1.29, 1.82) is 5.26 Å². The number of benzene rings is 3. The molecule has 1 aromatic heterocycles. The number of hydrogen-bond acceptors (Lipinski definition) is 11. The van der Waals surface area contributed by atoms with Gasteiger partial charge in [0.15, 0.2) is 17.3 Å². The number of rotatable bonds is 20. The van der Waals surface area contributed by atoms with Crippen LogP contribution < -0.4 is 25.2 Å². The number of nitriles is 1. The van der Waals surface area contributed by atoms with Crippen molar-refractivity contribution in [3.8, 4) is 23.1 Å². The van der Waals surface area contributed by atoms with Crippen LogP contribution in [0.5, 0.6) is 5.75 Å². The maximum Gasteiger partial charge on any atom is 0.417 e. The minimum absolute atomic E-state index is 0.00183. The number of oxazole rings is 1. The lowest BCUT2D eigenvalue weighted by Gasteiger charge is -2.35. The molecule has 69 heavy (non-hydrogen) atoms. The van der Waals surface area contributed by atoms with Gasteiger partial charge in [0.2, 0.25) is 17.7 Å². The monoisotopic (exact) mass is 973 g/mol. The summed E-state index contributed by atoms with van der Waals surface area (Å²) in [7, 11) is 0. The number of likely N-dealkylation sites (tertiary alicyclic amines) is 1. The second-order valence-corrected chi connectivity index (χ2v) is 18.8. The number of carbonyl (C=O) groups excluding carboxylic acids is 4. The Balaban J connectivity index is 0.857. The van der Waals surface area contributed by atoms with E-state index in [0.29, 0.717) is 75.8 Å². The zero-order chi connectivity index (χ0) is 50.1. The molecular formula is C50H58F3N7O8S. The summed E-state index contributed by atoms with van der Waals surface area (Å²) in [6, 6.07) is 17.6. The zero-order valence-electron chi connectivity index (χ0n) is 39.6. The largest absolute Gasteiger partial charge is 0.494 e. The number of anilines is 2. The van der Waals surface area contributed by atoms with E-state index in [0.717, 1.165) is 40.3 Å². The predicted octanol–water partition coefficient (Wildman–Crippen LogP) is 7.88. The molecule has 2 atom stereocenters. The third-order valence-corrected chi connectivity index (χ3v) is 12.3. The van der Waals surface area contributed by atoms with Crippen LogP contribution in [0.25, 0.3) is 11.3 Å². The number of halogens is 3. The first-order valence-corrected chi connectivity index (χ1v) is 23.2. The third-order valence-electron chi connectivity index (χ3n) is 11.9. The molecule has 0 radical (unpaired) electrons. The first-order chi connectivity index (χ1) is 32.7. The van der Waals surface area contributed by atoms with Crippen LogP contribution in [0.3, 0.4) is 0 Å². The van der Waals surface area contributed by atoms with Crippen LogP contribution in [0.4, 0.5) is 24.5 Å². The molecule has 2 aliphatic rings. The van der Waals surface area contributed by atoms with Crippen LogP contribution in [-0.4, -0.2) is 95.8 Å². The number of hydrogen-bond donors (Lipinski definition) is 2. The first-order valence-electron chi connectivity index (χ1n) is 22.8. The lowest BCUT2D eigenvalue weighted by molar-refractivity contribution is -0.144. The highest BCUT2D eigenvalue weighted by atomic mass is 32.1. The van der Waals surface area contributed by atoms with E-state index in [9.17, 15) is 37.6 Å². The predicted molar refractivity (Wildman–Crippen MR) is 255 cm³/mol. The maximum absolute atomic E-state index is 13.9. The molecule has 3 heterocycles. The summed E-state index contributed by atoms with van der Waals surface area (Å²) in [5.74, 6) is -0.241. The molecule has 4 amide bonds. The van der Waals surface area contributed by atoms with Crippen LogP contribution in [0.15, 0.2) is 77.5 Å². The maximum atomic E-state index is 13.9. The van der Waals surface area contributed by atoms with E-state index in [4.69, 9.17) is 30.8 Å². The fraction of sp³-hybridized carbons (Fsp3) is 0.460. The van der Waals surface area contributed by atoms with Gasteiger partial charge < -0.3 is 39.1 Å². The van der Waals surface area contributed by atoms with E-state index in [1.54, 1.807) is 54.0 Å². The number of ether oxygens (including phenoxy) is 3. The molecule has 0 bridgehead atoms. The highest BCUT2D eigenvalue weighted by molar-refractivity contribution is 7.81. The SMILES string of the molecule is Cc1ncoc1-c1ccc(CNC(=O)[C@@H]2CCCN2C(=O)C(NC(=O)COCCCOCCCCOc2ccc(N3C(=S)N(c4ccc(C#N)c(C(F)(F)F)c4)C(=O)C3(C)C)cc2)C(C)(C)C)cc1. The molecule has 2 saturated heterocycles. The Morgan fingerprint density at radius 1 is 0.957 bits per heavy atom. The van der Waals surface area contributed by atoms with Crippen molar-refractivity contribution in [1.82, 2.24) is 20.5 Å². The van der Waals surface area contributed by atoms with Crippen molar-refractivity contribution in [3.05, 3.63) is 95.5 Å². The topological polar surface area (TPSA) is 180 Å². The lowest BCUT2D eigenvalue weighted by atomic mass is 9.85. The number of alkyl halides is 3. The number of aromatic nitrogens is 1. The van der Waals surface area contributed by atoms with E-state index >= 15 is 0 Å².